The zero-order valence-electron chi connectivity index (χ0n) is 9.91. The number of carbonyl (C=O) groups excluding carboxylic acids is 1. The second-order valence-electron chi connectivity index (χ2n) is 3.85. The number of amides is 1. The molecule has 1 aromatic rings. The summed E-state index contributed by atoms with van der Waals surface area (Å²) < 4.78 is 23.4. The molecule has 0 atom stereocenters. The third-order valence-electron chi connectivity index (χ3n) is 2.78. The van der Waals surface area contributed by atoms with E-state index in [0.717, 1.165) is 0 Å². The summed E-state index contributed by atoms with van der Waals surface area (Å²) in [5, 5.41) is 0.00833. The molecule has 0 radical (unpaired) electrons. The first-order valence-electron chi connectivity index (χ1n) is 5.54. The molecule has 1 amide bonds. The fourth-order valence-electron chi connectivity index (χ4n) is 1.82. The molecule has 98 valence electrons. The highest BCUT2D eigenvalue weighted by molar-refractivity contribution is 6.35. The molecule has 1 saturated heterocycles. The minimum Gasteiger partial charge on any atom is -0.492 e. The molecule has 0 saturated carbocycles. The van der Waals surface area contributed by atoms with Crippen molar-refractivity contribution in [2.75, 3.05) is 33.4 Å². The van der Waals surface area contributed by atoms with Crippen molar-refractivity contribution in [3.63, 3.8) is 0 Å². The fraction of sp³-hybridized carbons (Fsp3) is 0.417. The van der Waals surface area contributed by atoms with Gasteiger partial charge in [0.2, 0.25) is 0 Å². The van der Waals surface area contributed by atoms with Gasteiger partial charge in [-0.15, -0.1) is 0 Å². The summed E-state index contributed by atoms with van der Waals surface area (Å²) in [5.41, 5.74) is 0.247. The molecule has 18 heavy (non-hydrogen) atoms. The molecule has 6 heteroatoms. The van der Waals surface area contributed by atoms with Crippen LogP contribution in [0, 0.1) is 5.82 Å². The Morgan fingerprint density at radius 1 is 1.44 bits per heavy atom. The summed E-state index contributed by atoms with van der Waals surface area (Å²) >= 11 is 5.98. The van der Waals surface area contributed by atoms with Gasteiger partial charge in [0.05, 0.1) is 30.9 Å². The third kappa shape index (κ3) is 2.42. The lowest BCUT2D eigenvalue weighted by atomic mass is 10.1. The van der Waals surface area contributed by atoms with Crippen molar-refractivity contribution in [3.05, 3.63) is 28.5 Å². The summed E-state index contributed by atoms with van der Waals surface area (Å²) in [6.07, 6.45) is 0. The number of benzene rings is 1. The van der Waals surface area contributed by atoms with E-state index < -0.39 is 5.82 Å². The van der Waals surface area contributed by atoms with Crippen molar-refractivity contribution >= 4 is 17.5 Å². The number of hydrogen-bond donors (Lipinski definition) is 0. The summed E-state index contributed by atoms with van der Waals surface area (Å²) in [7, 11) is 1.31. The van der Waals surface area contributed by atoms with Gasteiger partial charge in [-0.1, -0.05) is 11.6 Å². The Morgan fingerprint density at radius 2 is 2.11 bits per heavy atom. The Balaban J connectivity index is 2.30. The topological polar surface area (TPSA) is 38.8 Å². The first-order valence-corrected chi connectivity index (χ1v) is 5.92. The van der Waals surface area contributed by atoms with Gasteiger partial charge in [0.25, 0.3) is 5.91 Å². The lowest BCUT2D eigenvalue weighted by molar-refractivity contribution is 0.0303. The highest BCUT2D eigenvalue weighted by atomic mass is 35.5. The van der Waals surface area contributed by atoms with E-state index in [-0.39, 0.29) is 22.2 Å². The first-order chi connectivity index (χ1) is 8.65. The van der Waals surface area contributed by atoms with Crippen LogP contribution in [-0.4, -0.2) is 44.2 Å². The van der Waals surface area contributed by atoms with Crippen LogP contribution in [0.2, 0.25) is 5.02 Å². The number of carbonyl (C=O) groups is 1. The Labute approximate surface area is 109 Å². The molecule has 0 N–H and O–H groups in total. The van der Waals surface area contributed by atoms with Gasteiger partial charge in [-0.2, -0.15) is 0 Å². The van der Waals surface area contributed by atoms with E-state index in [1.807, 2.05) is 0 Å². The second kappa shape index (κ2) is 5.54. The molecular formula is C12H13ClFNO3. The van der Waals surface area contributed by atoms with E-state index in [4.69, 9.17) is 21.1 Å². The standard InChI is InChI=1S/C12H13ClFNO3/c1-17-11-9(14)3-2-8(10(11)13)12(16)15-4-6-18-7-5-15/h2-3H,4-7H2,1H3. The predicted octanol–water partition coefficient (Wildman–Crippen LogP) is 1.96. The van der Waals surface area contributed by atoms with Crippen molar-refractivity contribution in [1.82, 2.24) is 4.90 Å². The molecule has 2 rings (SSSR count). The maximum absolute atomic E-state index is 13.4. The number of methoxy groups -OCH3 is 1. The molecule has 4 nitrogen and oxygen atoms in total. The van der Waals surface area contributed by atoms with Gasteiger partial charge >= 0.3 is 0 Å². The van der Waals surface area contributed by atoms with Crippen LogP contribution in [0.4, 0.5) is 4.39 Å². The van der Waals surface area contributed by atoms with Crippen molar-refractivity contribution in [2.24, 2.45) is 0 Å². The lowest BCUT2D eigenvalue weighted by Gasteiger charge is -2.27. The van der Waals surface area contributed by atoms with Gasteiger partial charge in [-0.05, 0) is 12.1 Å². The number of morpholine rings is 1. The zero-order valence-corrected chi connectivity index (χ0v) is 10.7. The fourth-order valence-corrected chi connectivity index (χ4v) is 2.13. The van der Waals surface area contributed by atoms with Crippen LogP contribution in [0.15, 0.2) is 12.1 Å². The maximum atomic E-state index is 13.4. The van der Waals surface area contributed by atoms with Gasteiger partial charge in [0.1, 0.15) is 0 Å². The van der Waals surface area contributed by atoms with Crippen LogP contribution in [-0.2, 0) is 4.74 Å². The van der Waals surface area contributed by atoms with E-state index in [1.54, 1.807) is 4.90 Å². The minimum absolute atomic E-state index is 0.00833. The second-order valence-corrected chi connectivity index (χ2v) is 4.22. The van der Waals surface area contributed by atoms with Crippen molar-refractivity contribution in [3.8, 4) is 5.75 Å². The lowest BCUT2D eigenvalue weighted by Crippen LogP contribution is -2.40. The predicted molar refractivity (Wildman–Crippen MR) is 64.7 cm³/mol. The SMILES string of the molecule is COc1c(F)ccc(C(=O)N2CCOCC2)c1Cl. The smallest absolute Gasteiger partial charge is 0.255 e. The van der Waals surface area contributed by atoms with Crippen LogP contribution < -0.4 is 4.74 Å². The normalized spacial score (nSPS) is 15.6. The molecule has 1 aromatic carbocycles. The van der Waals surface area contributed by atoms with Crippen molar-refractivity contribution in [2.45, 2.75) is 0 Å². The van der Waals surface area contributed by atoms with Crippen molar-refractivity contribution in [1.29, 1.82) is 0 Å². The molecule has 0 unspecified atom stereocenters. The molecule has 0 bridgehead atoms. The van der Waals surface area contributed by atoms with Crippen LogP contribution in [0.3, 0.4) is 0 Å². The molecule has 0 aliphatic carbocycles. The van der Waals surface area contributed by atoms with Gasteiger partial charge in [-0.3, -0.25) is 4.79 Å². The molecule has 0 spiro atoms. The van der Waals surface area contributed by atoms with E-state index >= 15 is 0 Å². The quantitative estimate of drug-likeness (QED) is 0.827. The largest absolute Gasteiger partial charge is 0.492 e. The number of hydrogen-bond acceptors (Lipinski definition) is 3. The van der Waals surface area contributed by atoms with Gasteiger partial charge in [0, 0.05) is 13.1 Å². The highest BCUT2D eigenvalue weighted by Crippen LogP contribution is 2.31. The molecule has 1 fully saturated rings. The number of rotatable bonds is 2. The summed E-state index contributed by atoms with van der Waals surface area (Å²) in [6.45, 7) is 2.02. The van der Waals surface area contributed by atoms with Crippen LogP contribution >= 0.6 is 11.6 Å². The van der Waals surface area contributed by atoms with Gasteiger partial charge in [-0.25, -0.2) is 4.39 Å². The summed E-state index contributed by atoms with van der Waals surface area (Å²) in [4.78, 5) is 13.8. The Kier molecular flexibility index (Phi) is 4.04. The zero-order chi connectivity index (χ0) is 13.1. The summed E-state index contributed by atoms with van der Waals surface area (Å²) in [5.74, 6) is -0.918. The average molecular weight is 274 g/mol. The molecular weight excluding hydrogens is 261 g/mol. The number of ether oxygens (including phenoxy) is 2. The third-order valence-corrected chi connectivity index (χ3v) is 3.16. The van der Waals surface area contributed by atoms with Crippen LogP contribution in [0.1, 0.15) is 10.4 Å². The van der Waals surface area contributed by atoms with Gasteiger partial charge in [0.15, 0.2) is 11.6 Å². The van der Waals surface area contributed by atoms with Gasteiger partial charge < -0.3 is 14.4 Å². The number of halogens is 2. The molecule has 1 heterocycles. The van der Waals surface area contributed by atoms with Crippen LogP contribution in [0.25, 0.3) is 0 Å². The van der Waals surface area contributed by atoms with E-state index in [9.17, 15) is 9.18 Å². The molecule has 1 aliphatic rings. The van der Waals surface area contributed by atoms with E-state index in [0.29, 0.717) is 26.3 Å². The Bertz CT molecular complexity index is 461. The molecule has 0 aromatic heterocycles. The molecule has 1 aliphatic heterocycles. The monoisotopic (exact) mass is 273 g/mol. The highest BCUT2D eigenvalue weighted by Gasteiger charge is 2.23. The van der Waals surface area contributed by atoms with Crippen LogP contribution in [0.5, 0.6) is 5.75 Å². The Morgan fingerprint density at radius 3 is 2.72 bits per heavy atom. The first kappa shape index (κ1) is 13.1. The minimum atomic E-state index is -0.582. The number of nitrogens with zero attached hydrogens (tertiary/aromatic N) is 1. The van der Waals surface area contributed by atoms with E-state index in [2.05, 4.69) is 0 Å². The average Bonchev–Trinajstić information content (AvgIpc) is 2.40. The Hall–Kier alpha value is -1.33. The van der Waals surface area contributed by atoms with Crippen molar-refractivity contribution < 1.29 is 18.7 Å². The van der Waals surface area contributed by atoms with E-state index in [1.165, 1.54) is 19.2 Å². The maximum Gasteiger partial charge on any atom is 0.255 e. The summed E-state index contributed by atoms with van der Waals surface area (Å²) in [6, 6.07) is 2.55.